The summed E-state index contributed by atoms with van der Waals surface area (Å²) in [5.41, 5.74) is 5.55. The second-order valence-corrected chi connectivity index (χ2v) is 7.12. The number of rotatable bonds is 9. The molecule has 0 heterocycles. The third-order valence-corrected chi connectivity index (χ3v) is 4.64. The number of hydrazone groups is 1. The molecule has 7 heteroatoms. The lowest BCUT2D eigenvalue weighted by molar-refractivity contribution is 0.269. The first kappa shape index (κ1) is 21.8. The van der Waals surface area contributed by atoms with Crippen molar-refractivity contribution in [2.45, 2.75) is 13.5 Å². The minimum absolute atomic E-state index is 0.397. The van der Waals surface area contributed by atoms with Crippen molar-refractivity contribution in [2.75, 3.05) is 19.1 Å². The first-order valence-electron chi connectivity index (χ1n) is 9.35. The second kappa shape index (κ2) is 10.8. The molecule has 0 spiro atoms. The van der Waals surface area contributed by atoms with Crippen LogP contribution in [0.3, 0.4) is 0 Å². The average molecular weight is 445 g/mol. The van der Waals surface area contributed by atoms with Gasteiger partial charge in [-0.2, -0.15) is 5.10 Å². The molecule has 0 aliphatic heterocycles. The van der Waals surface area contributed by atoms with E-state index in [4.69, 9.17) is 37.4 Å². The van der Waals surface area contributed by atoms with Crippen LogP contribution in [0.25, 0.3) is 0 Å². The third-order valence-electron chi connectivity index (χ3n) is 4.11. The van der Waals surface area contributed by atoms with Crippen LogP contribution in [0.15, 0.2) is 65.8 Å². The Balaban J connectivity index is 1.67. The summed E-state index contributed by atoms with van der Waals surface area (Å²) in [6, 6.07) is 18.6. The summed E-state index contributed by atoms with van der Waals surface area (Å²) in [5.74, 6) is 1.92. The summed E-state index contributed by atoms with van der Waals surface area (Å²) in [5, 5.41) is 5.45. The Morgan fingerprint density at radius 1 is 0.933 bits per heavy atom. The van der Waals surface area contributed by atoms with Crippen molar-refractivity contribution in [3.05, 3.63) is 81.8 Å². The monoisotopic (exact) mass is 444 g/mol. The fourth-order valence-electron chi connectivity index (χ4n) is 2.70. The lowest BCUT2D eigenvalue weighted by atomic mass is 10.2. The van der Waals surface area contributed by atoms with Crippen LogP contribution < -0.4 is 19.6 Å². The Morgan fingerprint density at radius 3 is 2.50 bits per heavy atom. The van der Waals surface area contributed by atoms with Gasteiger partial charge in [-0.05, 0) is 66.6 Å². The van der Waals surface area contributed by atoms with Crippen LogP contribution in [-0.2, 0) is 6.61 Å². The van der Waals surface area contributed by atoms with E-state index in [1.54, 1.807) is 25.5 Å². The number of hydrogen-bond donors (Lipinski definition) is 1. The molecule has 0 bridgehead atoms. The van der Waals surface area contributed by atoms with E-state index >= 15 is 0 Å². The van der Waals surface area contributed by atoms with Crippen molar-refractivity contribution in [2.24, 2.45) is 5.10 Å². The van der Waals surface area contributed by atoms with Gasteiger partial charge in [-0.15, -0.1) is 0 Å². The molecule has 3 aromatic carbocycles. The largest absolute Gasteiger partial charge is 0.495 e. The van der Waals surface area contributed by atoms with Gasteiger partial charge in [0.15, 0.2) is 11.5 Å². The van der Waals surface area contributed by atoms with Crippen molar-refractivity contribution < 1.29 is 14.2 Å². The molecule has 0 saturated heterocycles. The van der Waals surface area contributed by atoms with E-state index in [0.717, 1.165) is 16.8 Å². The summed E-state index contributed by atoms with van der Waals surface area (Å²) < 4.78 is 16.8. The maximum Gasteiger partial charge on any atom is 0.161 e. The van der Waals surface area contributed by atoms with E-state index in [1.165, 1.54) is 0 Å². The Bertz CT molecular complexity index is 1030. The standard InChI is InChI=1S/C23H22Cl2N2O3/c1-3-29-23-12-16(14-26-27-19-8-10-21(28-2)20(25)13-19)7-9-22(23)30-15-17-5-4-6-18(24)11-17/h4-14,27H,3,15H2,1-2H3/b26-14+. The predicted molar refractivity (Wildman–Crippen MR) is 123 cm³/mol. The molecule has 0 aliphatic rings. The van der Waals surface area contributed by atoms with E-state index in [-0.39, 0.29) is 0 Å². The first-order chi connectivity index (χ1) is 14.6. The molecule has 0 atom stereocenters. The van der Waals surface area contributed by atoms with Gasteiger partial charge in [0, 0.05) is 5.02 Å². The van der Waals surface area contributed by atoms with E-state index in [1.807, 2.05) is 55.5 Å². The van der Waals surface area contributed by atoms with Crippen LogP contribution in [0.4, 0.5) is 5.69 Å². The van der Waals surface area contributed by atoms with E-state index in [0.29, 0.717) is 40.5 Å². The molecule has 0 aliphatic carbocycles. The van der Waals surface area contributed by atoms with Gasteiger partial charge in [-0.25, -0.2) is 0 Å². The molecule has 0 saturated carbocycles. The van der Waals surface area contributed by atoms with Crippen LogP contribution in [0.5, 0.6) is 17.2 Å². The Kier molecular flexibility index (Phi) is 7.82. The number of nitrogens with one attached hydrogen (secondary N) is 1. The minimum atomic E-state index is 0.397. The number of anilines is 1. The smallest absolute Gasteiger partial charge is 0.161 e. The van der Waals surface area contributed by atoms with Crippen LogP contribution >= 0.6 is 23.2 Å². The molecule has 0 unspecified atom stereocenters. The molecule has 0 amide bonds. The summed E-state index contributed by atoms with van der Waals surface area (Å²) in [6.07, 6.45) is 1.70. The predicted octanol–water partition coefficient (Wildman–Crippen LogP) is 6.43. The lowest BCUT2D eigenvalue weighted by Crippen LogP contribution is -2.00. The molecule has 3 aromatic rings. The minimum Gasteiger partial charge on any atom is -0.495 e. The van der Waals surface area contributed by atoms with Gasteiger partial charge in [0.25, 0.3) is 0 Å². The average Bonchev–Trinajstić information content (AvgIpc) is 2.74. The normalized spacial score (nSPS) is 10.8. The van der Waals surface area contributed by atoms with Gasteiger partial charge < -0.3 is 14.2 Å². The van der Waals surface area contributed by atoms with E-state index in [9.17, 15) is 0 Å². The molecule has 0 fully saturated rings. The quantitative estimate of drug-likeness (QED) is 0.305. The van der Waals surface area contributed by atoms with Crippen LogP contribution in [0.1, 0.15) is 18.1 Å². The highest BCUT2D eigenvalue weighted by molar-refractivity contribution is 6.32. The SMILES string of the molecule is CCOc1cc(/C=N/Nc2ccc(OC)c(Cl)c2)ccc1OCc1cccc(Cl)c1. The van der Waals surface area contributed by atoms with Gasteiger partial charge in [0.2, 0.25) is 0 Å². The molecule has 156 valence electrons. The maximum atomic E-state index is 6.13. The first-order valence-corrected chi connectivity index (χ1v) is 10.1. The fourth-order valence-corrected chi connectivity index (χ4v) is 3.17. The van der Waals surface area contributed by atoms with Crippen molar-refractivity contribution in [1.82, 2.24) is 0 Å². The van der Waals surface area contributed by atoms with Gasteiger partial charge >= 0.3 is 0 Å². The summed E-state index contributed by atoms with van der Waals surface area (Å²) in [6.45, 7) is 2.85. The molecule has 3 rings (SSSR count). The van der Waals surface area contributed by atoms with E-state index in [2.05, 4.69) is 10.5 Å². The molecule has 5 nitrogen and oxygen atoms in total. The zero-order valence-corrected chi connectivity index (χ0v) is 18.2. The second-order valence-electron chi connectivity index (χ2n) is 6.28. The Labute approximate surface area is 186 Å². The van der Waals surface area contributed by atoms with Crippen LogP contribution in [0, 0.1) is 0 Å². The number of nitrogens with zero attached hydrogens (tertiary/aromatic N) is 1. The number of hydrogen-bond acceptors (Lipinski definition) is 5. The highest BCUT2D eigenvalue weighted by atomic mass is 35.5. The fraction of sp³-hybridized carbons (Fsp3) is 0.174. The Hall–Kier alpha value is -2.89. The van der Waals surface area contributed by atoms with Crippen molar-refractivity contribution in [3.63, 3.8) is 0 Å². The topological polar surface area (TPSA) is 52.1 Å². The molecular weight excluding hydrogens is 423 g/mol. The summed E-state index contributed by atoms with van der Waals surface area (Å²) >= 11 is 12.2. The maximum absolute atomic E-state index is 6.13. The van der Waals surface area contributed by atoms with Crippen molar-refractivity contribution >= 4 is 35.1 Å². The molecule has 0 radical (unpaired) electrons. The van der Waals surface area contributed by atoms with E-state index < -0.39 is 0 Å². The molecular formula is C23H22Cl2N2O3. The summed E-state index contributed by atoms with van der Waals surface area (Å²) in [4.78, 5) is 0. The molecule has 0 aromatic heterocycles. The molecule has 30 heavy (non-hydrogen) atoms. The van der Waals surface area contributed by atoms with Crippen molar-refractivity contribution in [3.8, 4) is 17.2 Å². The number of halogens is 2. The third kappa shape index (κ3) is 6.05. The molecule has 1 N–H and O–H groups in total. The highest BCUT2D eigenvalue weighted by Crippen LogP contribution is 2.29. The summed E-state index contributed by atoms with van der Waals surface area (Å²) in [7, 11) is 1.57. The zero-order chi connectivity index (χ0) is 21.3. The lowest BCUT2D eigenvalue weighted by Gasteiger charge is -2.13. The van der Waals surface area contributed by atoms with Gasteiger partial charge in [-0.1, -0.05) is 35.3 Å². The van der Waals surface area contributed by atoms with Gasteiger partial charge in [-0.3, -0.25) is 5.43 Å². The van der Waals surface area contributed by atoms with Crippen molar-refractivity contribution in [1.29, 1.82) is 0 Å². The van der Waals surface area contributed by atoms with Gasteiger partial charge in [0.05, 0.1) is 30.6 Å². The highest BCUT2D eigenvalue weighted by Gasteiger charge is 2.07. The number of methoxy groups -OCH3 is 1. The Morgan fingerprint density at radius 2 is 1.77 bits per heavy atom. The van der Waals surface area contributed by atoms with Gasteiger partial charge in [0.1, 0.15) is 12.4 Å². The zero-order valence-electron chi connectivity index (χ0n) is 16.7. The number of benzene rings is 3. The van der Waals surface area contributed by atoms with Crippen LogP contribution in [-0.4, -0.2) is 19.9 Å². The van der Waals surface area contributed by atoms with Crippen LogP contribution in [0.2, 0.25) is 10.0 Å². The number of ether oxygens (including phenoxy) is 3.